The van der Waals surface area contributed by atoms with Gasteiger partial charge < -0.3 is 10.5 Å². The summed E-state index contributed by atoms with van der Waals surface area (Å²) in [5.41, 5.74) is 7.48. The zero-order chi connectivity index (χ0) is 11.2. The lowest BCUT2D eigenvalue weighted by Crippen LogP contribution is -2.44. The number of benzene rings is 1. The molecule has 0 unspecified atom stereocenters. The Hall–Kier alpha value is -1.09. The molecule has 1 aliphatic heterocycles. The van der Waals surface area contributed by atoms with Gasteiger partial charge in [0.15, 0.2) is 0 Å². The molecule has 0 spiro atoms. The van der Waals surface area contributed by atoms with Crippen LogP contribution in [-0.2, 0) is 12.0 Å². The van der Waals surface area contributed by atoms with E-state index in [9.17, 15) is 4.39 Å². The molecule has 16 heavy (non-hydrogen) atoms. The molecule has 1 saturated carbocycles. The average Bonchev–Trinajstić information content (AvgIpc) is 2.26. The number of fused-ring (bicyclic) bond motifs is 1. The first-order valence-corrected chi connectivity index (χ1v) is 5.94. The number of hydrogen-bond donors (Lipinski definition) is 1. The molecule has 0 atom stereocenters. The molecule has 0 radical (unpaired) electrons. The molecule has 1 heterocycles. The third kappa shape index (κ3) is 1.34. The van der Waals surface area contributed by atoms with Gasteiger partial charge in [0, 0.05) is 11.1 Å². The Morgan fingerprint density at radius 3 is 2.75 bits per heavy atom. The maximum absolute atomic E-state index is 13.9. The summed E-state index contributed by atoms with van der Waals surface area (Å²) in [6.07, 6.45) is 4.79. The van der Waals surface area contributed by atoms with Gasteiger partial charge in [-0.2, -0.15) is 0 Å². The van der Waals surface area contributed by atoms with E-state index in [0.29, 0.717) is 12.2 Å². The van der Waals surface area contributed by atoms with Crippen LogP contribution in [0, 0.1) is 5.82 Å². The maximum Gasteiger partial charge on any atom is 0.131 e. The summed E-state index contributed by atoms with van der Waals surface area (Å²) in [6, 6.07) is 3.37. The van der Waals surface area contributed by atoms with Crippen LogP contribution in [-0.4, -0.2) is 6.61 Å². The molecule has 2 nitrogen and oxygen atoms in total. The summed E-state index contributed by atoms with van der Waals surface area (Å²) in [4.78, 5) is 0. The summed E-state index contributed by atoms with van der Waals surface area (Å²) in [6.45, 7) is 0.680. The van der Waals surface area contributed by atoms with Crippen molar-refractivity contribution in [3.05, 3.63) is 29.1 Å². The Morgan fingerprint density at radius 1 is 1.25 bits per heavy atom. The van der Waals surface area contributed by atoms with Crippen molar-refractivity contribution in [3.63, 3.8) is 0 Å². The normalized spacial score (nSPS) is 21.9. The number of nitrogens with two attached hydrogens (primary N) is 1. The molecular formula is C13H16FNO. The minimum absolute atomic E-state index is 0.206. The highest BCUT2D eigenvalue weighted by Gasteiger charge is 2.40. The first kappa shape index (κ1) is 10.1. The van der Waals surface area contributed by atoms with Crippen LogP contribution in [0.4, 0.5) is 4.39 Å². The summed E-state index contributed by atoms with van der Waals surface area (Å²) in [5.74, 6) is 0.524. The van der Waals surface area contributed by atoms with Crippen LogP contribution in [0.1, 0.15) is 36.8 Å². The van der Waals surface area contributed by atoms with Gasteiger partial charge in [0.25, 0.3) is 0 Å². The largest absolute Gasteiger partial charge is 0.493 e. The molecule has 3 rings (SSSR count). The zero-order valence-electron chi connectivity index (χ0n) is 9.26. The van der Waals surface area contributed by atoms with Crippen molar-refractivity contribution in [2.75, 3.05) is 6.61 Å². The summed E-state index contributed by atoms with van der Waals surface area (Å²) in [7, 11) is 0. The molecular weight excluding hydrogens is 205 g/mol. The van der Waals surface area contributed by atoms with Gasteiger partial charge in [0.05, 0.1) is 6.61 Å². The summed E-state index contributed by atoms with van der Waals surface area (Å²) in [5, 5.41) is 0. The lowest BCUT2D eigenvalue weighted by Gasteiger charge is -2.40. The van der Waals surface area contributed by atoms with Crippen LogP contribution >= 0.6 is 0 Å². The zero-order valence-corrected chi connectivity index (χ0v) is 9.26. The van der Waals surface area contributed by atoms with E-state index in [4.69, 9.17) is 10.5 Å². The number of ether oxygens (including phenoxy) is 1. The third-order valence-electron chi connectivity index (χ3n) is 3.77. The molecule has 86 valence electrons. The molecule has 1 aromatic rings. The highest BCUT2D eigenvalue weighted by Crippen LogP contribution is 2.46. The average molecular weight is 221 g/mol. The van der Waals surface area contributed by atoms with E-state index in [2.05, 4.69) is 0 Å². The van der Waals surface area contributed by atoms with Crippen molar-refractivity contribution >= 4 is 0 Å². The fourth-order valence-electron chi connectivity index (χ4n) is 2.67. The van der Waals surface area contributed by atoms with Gasteiger partial charge in [0.1, 0.15) is 11.6 Å². The lowest BCUT2D eigenvalue weighted by molar-refractivity contribution is 0.219. The molecule has 1 aromatic carbocycles. The summed E-state index contributed by atoms with van der Waals surface area (Å²) < 4.78 is 19.6. The Bertz CT molecular complexity index is 426. The fraction of sp³-hybridized carbons (Fsp3) is 0.538. The molecule has 0 aromatic heterocycles. The molecule has 3 heteroatoms. The molecule has 0 amide bonds. The Kier molecular flexibility index (Phi) is 2.18. The van der Waals surface area contributed by atoms with Gasteiger partial charge >= 0.3 is 0 Å². The predicted molar refractivity (Wildman–Crippen MR) is 59.9 cm³/mol. The van der Waals surface area contributed by atoms with Crippen molar-refractivity contribution in [3.8, 4) is 5.75 Å². The first-order valence-electron chi connectivity index (χ1n) is 5.94. The molecule has 1 fully saturated rings. The van der Waals surface area contributed by atoms with E-state index >= 15 is 0 Å². The van der Waals surface area contributed by atoms with Gasteiger partial charge in [-0.1, -0.05) is 6.07 Å². The van der Waals surface area contributed by atoms with E-state index in [1.54, 1.807) is 0 Å². The van der Waals surface area contributed by atoms with E-state index in [-0.39, 0.29) is 5.82 Å². The number of rotatable bonds is 1. The number of hydrogen-bond acceptors (Lipinski definition) is 2. The van der Waals surface area contributed by atoms with Gasteiger partial charge in [-0.05, 0) is 43.7 Å². The van der Waals surface area contributed by atoms with Gasteiger partial charge in [-0.3, -0.25) is 0 Å². The van der Waals surface area contributed by atoms with Crippen molar-refractivity contribution in [2.45, 2.75) is 37.6 Å². The second kappa shape index (κ2) is 3.45. The smallest absolute Gasteiger partial charge is 0.131 e. The maximum atomic E-state index is 13.9. The quantitative estimate of drug-likeness (QED) is 0.790. The SMILES string of the molecule is NC1(c2c(F)ccc3c2OCCC3)CCC1. The third-order valence-corrected chi connectivity index (χ3v) is 3.77. The van der Waals surface area contributed by atoms with Gasteiger partial charge in [-0.15, -0.1) is 0 Å². The highest BCUT2D eigenvalue weighted by atomic mass is 19.1. The van der Waals surface area contributed by atoms with Crippen molar-refractivity contribution in [1.82, 2.24) is 0 Å². The van der Waals surface area contributed by atoms with Crippen LogP contribution in [0.15, 0.2) is 12.1 Å². The van der Waals surface area contributed by atoms with Crippen LogP contribution in [0.25, 0.3) is 0 Å². The number of aryl methyl sites for hydroxylation is 1. The van der Waals surface area contributed by atoms with Crippen LogP contribution in [0.2, 0.25) is 0 Å². The minimum Gasteiger partial charge on any atom is -0.493 e. The van der Waals surface area contributed by atoms with Crippen LogP contribution < -0.4 is 10.5 Å². The van der Waals surface area contributed by atoms with E-state index in [1.165, 1.54) is 6.07 Å². The molecule has 0 bridgehead atoms. The lowest BCUT2D eigenvalue weighted by atomic mass is 9.71. The summed E-state index contributed by atoms with van der Waals surface area (Å²) >= 11 is 0. The van der Waals surface area contributed by atoms with Gasteiger partial charge in [-0.25, -0.2) is 4.39 Å². The monoisotopic (exact) mass is 221 g/mol. The van der Waals surface area contributed by atoms with E-state index in [1.807, 2.05) is 6.07 Å². The molecule has 2 aliphatic rings. The van der Waals surface area contributed by atoms with E-state index in [0.717, 1.165) is 43.4 Å². The van der Waals surface area contributed by atoms with Crippen molar-refractivity contribution in [1.29, 1.82) is 0 Å². The van der Waals surface area contributed by atoms with E-state index < -0.39 is 5.54 Å². The van der Waals surface area contributed by atoms with Crippen LogP contribution in [0.3, 0.4) is 0 Å². The second-order valence-corrected chi connectivity index (χ2v) is 4.87. The number of halogens is 1. The Balaban J connectivity index is 2.14. The minimum atomic E-state index is -0.479. The van der Waals surface area contributed by atoms with Crippen molar-refractivity contribution in [2.24, 2.45) is 5.73 Å². The molecule has 0 saturated heterocycles. The second-order valence-electron chi connectivity index (χ2n) is 4.87. The fourth-order valence-corrected chi connectivity index (χ4v) is 2.67. The molecule has 1 aliphatic carbocycles. The molecule has 2 N–H and O–H groups in total. The predicted octanol–water partition coefficient (Wildman–Crippen LogP) is 2.49. The highest BCUT2D eigenvalue weighted by molar-refractivity contribution is 5.48. The van der Waals surface area contributed by atoms with Crippen molar-refractivity contribution < 1.29 is 9.13 Å². The Morgan fingerprint density at radius 2 is 2.06 bits per heavy atom. The van der Waals surface area contributed by atoms with Gasteiger partial charge in [0.2, 0.25) is 0 Å². The topological polar surface area (TPSA) is 35.2 Å². The van der Waals surface area contributed by atoms with Crippen LogP contribution in [0.5, 0.6) is 5.75 Å². The standard InChI is InChI=1S/C13H16FNO/c14-10-5-4-9-3-1-8-16-12(9)11(10)13(15)6-2-7-13/h4-5H,1-3,6-8,15H2. The Labute approximate surface area is 94.6 Å². The first-order chi connectivity index (χ1) is 7.71.